The van der Waals surface area contributed by atoms with Crippen LogP contribution >= 0.6 is 11.8 Å². The summed E-state index contributed by atoms with van der Waals surface area (Å²) >= 11 is 1.41. The molecule has 104 valence electrons. The molecule has 2 rings (SSSR count). The highest BCUT2D eigenvalue weighted by molar-refractivity contribution is 8.00. The van der Waals surface area contributed by atoms with Crippen molar-refractivity contribution in [3.8, 4) is 11.6 Å². The van der Waals surface area contributed by atoms with Crippen molar-refractivity contribution in [1.29, 1.82) is 0 Å². The highest BCUT2D eigenvalue weighted by Gasteiger charge is 2.27. The molecule has 1 aromatic rings. The Morgan fingerprint density at radius 2 is 2.37 bits per heavy atom. The Hall–Kier alpha value is -1.54. The first kappa shape index (κ1) is 13.9. The molecule has 1 aliphatic heterocycles. The van der Waals surface area contributed by atoms with Crippen LogP contribution in [0.3, 0.4) is 0 Å². The molecule has 7 nitrogen and oxygen atoms in total. The summed E-state index contributed by atoms with van der Waals surface area (Å²) in [5, 5.41) is 10.3. The van der Waals surface area contributed by atoms with Gasteiger partial charge in [0.15, 0.2) is 5.75 Å². The smallest absolute Gasteiger partial charge is 0.299 e. The van der Waals surface area contributed by atoms with E-state index >= 15 is 0 Å². The maximum absolute atomic E-state index is 10.5. The first-order valence-corrected chi connectivity index (χ1v) is 6.63. The fourth-order valence-electron chi connectivity index (χ4n) is 1.77. The number of thioether (sulfide) groups is 1. The number of methoxy groups -OCH3 is 1. The minimum absolute atomic E-state index is 0.0847. The van der Waals surface area contributed by atoms with Crippen LogP contribution in [0.5, 0.6) is 11.6 Å². The Morgan fingerprint density at radius 3 is 2.95 bits per heavy atom. The van der Waals surface area contributed by atoms with Crippen LogP contribution in [-0.4, -0.2) is 35.1 Å². The Labute approximate surface area is 114 Å². The molecule has 0 N–H and O–H groups in total. The van der Waals surface area contributed by atoms with E-state index in [1.807, 2.05) is 6.92 Å². The van der Waals surface area contributed by atoms with E-state index < -0.39 is 5.09 Å². The maximum Gasteiger partial charge on any atom is 0.299 e. The Balaban J connectivity index is 2.21. The molecular weight excluding hydrogens is 272 g/mol. The molecule has 2 atom stereocenters. The summed E-state index contributed by atoms with van der Waals surface area (Å²) in [6.07, 6.45) is 0.962. The van der Waals surface area contributed by atoms with Gasteiger partial charge in [0, 0.05) is 17.9 Å². The first-order valence-electron chi connectivity index (χ1n) is 5.76. The van der Waals surface area contributed by atoms with Crippen molar-refractivity contribution in [2.24, 2.45) is 0 Å². The number of nitrogens with zero attached hydrogens (tertiary/aromatic N) is 2. The van der Waals surface area contributed by atoms with Crippen LogP contribution in [0.25, 0.3) is 0 Å². The summed E-state index contributed by atoms with van der Waals surface area (Å²) in [7, 11) is 1.49. The summed E-state index contributed by atoms with van der Waals surface area (Å²) < 4.78 is 10.5. The van der Waals surface area contributed by atoms with Crippen LogP contribution < -0.4 is 9.57 Å². The third kappa shape index (κ3) is 3.48. The molecule has 8 heteroatoms. The van der Waals surface area contributed by atoms with Gasteiger partial charge in [-0.05, 0) is 19.4 Å². The lowest BCUT2D eigenvalue weighted by Gasteiger charge is -2.15. The van der Waals surface area contributed by atoms with E-state index in [1.54, 1.807) is 0 Å². The second-order valence-electron chi connectivity index (χ2n) is 3.99. The lowest BCUT2D eigenvalue weighted by molar-refractivity contribution is -0.711. The fraction of sp³-hybridized carbons (Fsp3) is 0.545. The van der Waals surface area contributed by atoms with Gasteiger partial charge in [-0.25, -0.2) is 4.98 Å². The molecule has 2 unspecified atom stereocenters. The highest BCUT2D eigenvalue weighted by Crippen LogP contribution is 2.37. The second kappa shape index (κ2) is 6.07. The van der Waals surface area contributed by atoms with Gasteiger partial charge in [-0.3, -0.25) is 4.84 Å². The van der Waals surface area contributed by atoms with Gasteiger partial charge in [0.05, 0.1) is 13.2 Å². The Kier molecular flexibility index (Phi) is 4.43. The quantitative estimate of drug-likeness (QED) is 0.604. The van der Waals surface area contributed by atoms with Gasteiger partial charge in [-0.15, -0.1) is 10.1 Å². The van der Waals surface area contributed by atoms with Crippen molar-refractivity contribution in [2.75, 3.05) is 13.7 Å². The molecule has 0 aliphatic carbocycles. The Morgan fingerprint density at radius 1 is 1.58 bits per heavy atom. The predicted molar refractivity (Wildman–Crippen MR) is 68.1 cm³/mol. The molecule has 1 aromatic heterocycles. The number of aromatic nitrogens is 1. The summed E-state index contributed by atoms with van der Waals surface area (Å²) in [5.74, 6) is 0.514. The average molecular weight is 286 g/mol. The largest absolute Gasteiger partial charge is 0.481 e. The van der Waals surface area contributed by atoms with Crippen molar-refractivity contribution in [1.82, 2.24) is 4.98 Å². The number of pyridine rings is 1. The van der Waals surface area contributed by atoms with E-state index in [-0.39, 0.29) is 17.1 Å². The maximum atomic E-state index is 10.5. The van der Waals surface area contributed by atoms with E-state index in [9.17, 15) is 10.1 Å². The summed E-state index contributed by atoms with van der Waals surface area (Å²) in [6, 6.07) is 3.01. The fourth-order valence-corrected chi connectivity index (χ4v) is 2.90. The first-order chi connectivity index (χ1) is 9.10. The zero-order valence-electron chi connectivity index (χ0n) is 10.6. The van der Waals surface area contributed by atoms with Crippen molar-refractivity contribution in [2.45, 2.75) is 29.7 Å². The minimum Gasteiger partial charge on any atom is -0.481 e. The molecule has 0 radical (unpaired) electrons. The van der Waals surface area contributed by atoms with Gasteiger partial charge in [-0.1, -0.05) is 11.8 Å². The zero-order valence-corrected chi connectivity index (χ0v) is 11.4. The van der Waals surface area contributed by atoms with E-state index in [0.29, 0.717) is 17.5 Å². The Bertz CT molecular complexity index is 470. The van der Waals surface area contributed by atoms with Crippen molar-refractivity contribution < 1.29 is 19.4 Å². The van der Waals surface area contributed by atoms with Crippen molar-refractivity contribution >= 4 is 11.8 Å². The van der Waals surface area contributed by atoms with Crippen LogP contribution in [-0.2, 0) is 4.74 Å². The van der Waals surface area contributed by atoms with Crippen molar-refractivity contribution in [3.05, 3.63) is 22.2 Å². The minimum atomic E-state index is -0.845. The number of hydrogen-bond donors (Lipinski definition) is 0. The monoisotopic (exact) mass is 286 g/mol. The average Bonchev–Trinajstić information content (AvgIpc) is 2.76. The molecule has 19 heavy (non-hydrogen) atoms. The van der Waals surface area contributed by atoms with Crippen LogP contribution in [0.4, 0.5) is 0 Å². The summed E-state index contributed by atoms with van der Waals surface area (Å²) in [6.45, 7) is 2.66. The molecule has 0 saturated carbocycles. The molecule has 0 aromatic carbocycles. The van der Waals surface area contributed by atoms with E-state index in [0.717, 1.165) is 6.42 Å². The molecule has 0 bridgehead atoms. The standard InChI is InChI=1S/C11H14N2O5S/c1-7-9(5-6-17-7)19-11-8(18-13(14)15)3-4-10(12-11)16-2/h3-4,7,9H,5-6H2,1-2H3. The second-order valence-corrected chi connectivity index (χ2v) is 5.22. The van der Waals surface area contributed by atoms with Gasteiger partial charge in [0.1, 0.15) is 5.03 Å². The third-order valence-electron chi connectivity index (χ3n) is 2.75. The third-order valence-corrected chi connectivity index (χ3v) is 4.19. The molecule has 1 fully saturated rings. The number of ether oxygens (including phenoxy) is 2. The lowest BCUT2D eigenvalue weighted by atomic mass is 10.3. The molecule has 0 amide bonds. The van der Waals surface area contributed by atoms with Gasteiger partial charge in [0.25, 0.3) is 5.09 Å². The van der Waals surface area contributed by atoms with Crippen LogP contribution in [0.1, 0.15) is 13.3 Å². The molecule has 0 spiro atoms. The van der Waals surface area contributed by atoms with Gasteiger partial charge in [0.2, 0.25) is 5.88 Å². The van der Waals surface area contributed by atoms with Gasteiger partial charge < -0.3 is 9.47 Å². The van der Waals surface area contributed by atoms with E-state index in [1.165, 1.54) is 31.0 Å². The molecular formula is C11H14N2O5S. The normalized spacial score (nSPS) is 22.2. The van der Waals surface area contributed by atoms with E-state index in [2.05, 4.69) is 9.82 Å². The highest BCUT2D eigenvalue weighted by atomic mass is 32.2. The molecule has 1 saturated heterocycles. The predicted octanol–water partition coefficient (Wildman–Crippen LogP) is 1.93. The van der Waals surface area contributed by atoms with Crippen LogP contribution in [0, 0.1) is 10.1 Å². The topological polar surface area (TPSA) is 83.7 Å². The molecule has 1 aliphatic rings. The molecule has 2 heterocycles. The van der Waals surface area contributed by atoms with E-state index in [4.69, 9.17) is 9.47 Å². The SMILES string of the molecule is COc1ccc(O[N+](=O)[O-])c(SC2CCOC2C)n1. The zero-order chi connectivity index (χ0) is 13.8. The van der Waals surface area contributed by atoms with Crippen LogP contribution in [0.2, 0.25) is 0 Å². The van der Waals surface area contributed by atoms with Crippen molar-refractivity contribution in [3.63, 3.8) is 0 Å². The van der Waals surface area contributed by atoms with Gasteiger partial charge in [-0.2, -0.15) is 0 Å². The summed E-state index contributed by atoms with van der Waals surface area (Å²) in [5.41, 5.74) is 0. The lowest BCUT2D eigenvalue weighted by Crippen LogP contribution is -2.14. The van der Waals surface area contributed by atoms with Crippen LogP contribution in [0.15, 0.2) is 17.2 Å². The van der Waals surface area contributed by atoms with Gasteiger partial charge >= 0.3 is 0 Å². The number of rotatable bonds is 5. The summed E-state index contributed by atoms with van der Waals surface area (Å²) in [4.78, 5) is 19.2. The number of hydrogen-bond acceptors (Lipinski definition) is 7.